The molecule has 15 heavy (non-hydrogen) atoms. The molecule has 0 aliphatic carbocycles. The Morgan fingerprint density at radius 2 is 2.20 bits per heavy atom. The molecule has 0 aromatic carbocycles. The molecule has 1 amide bonds. The molecule has 2 N–H and O–H groups in total. The molecule has 1 aliphatic heterocycles. The lowest BCUT2D eigenvalue weighted by atomic mass is 10.2. The van der Waals surface area contributed by atoms with Gasteiger partial charge in [-0.05, 0) is 19.4 Å². The molecule has 1 unspecified atom stereocenters. The highest BCUT2D eigenvalue weighted by Crippen LogP contribution is 2.22. The number of carbonyl (C=O) groups is 1. The van der Waals surface area contributed by atoms with E-state index in [1.165, 1.54) is 0 Å². The summed E-state index contributed by atoms with van der Waals surface area (Å²) < 4.78 is 48.3. The number of hydrogen-bond acceptors (Lipinski definition) is 2. The van der Waals surface area contributed by atoms with Gasteiger partial charge in [-0.2, -0.15) is 8.78 Å². The minimum atomic E-state index is -4.60. The van der Waals surface area contributed by atoms with Crippen molar-refractivity contribution in [2.45, 2.75) is 31.2 Å². The highest BCUT2D eigenvalue weighted by molar-refractivity contribution is 5.83. The van der Waals surface area contributed by atoms with Crippen molar-refractivity contribution in [1.29, 1.82) is 0 Å². The number of amides is 1. The van der Waals surface area contributed by atoms with Gasteiger partial charge in [0.15, 0.2) is 0 Å². The lowest BCUT2D eigenvalue weighted by molar-refractivity contribution is -0.169. The molecule has 0 saturated carbocycles. The zero-order chi connectivity index (χ0) is 11.5. The maximum absolute atomic E-state index is 12.4. The molecular weight excluding hydrogens is 216 g/mol. The van der Waals surface area contributed by atoms with E-state index in [4.69, 9.17) is 0 Å². The molecule has 1 rings (SSSR count). The Labute approximate surface area is 84.2 Å². The molecule has 1 saturated heterocycles. The Hall–Kier alpha value is -0.850. The van der Waals surface area contributed by atoms with Crippen LogP contribution in [-0.4, -0.2) is 37.4 Å². The van der Waals surface area contributed by atoms with Gasteiger partial charge in [0.25, 0.3) is 5.91 Å². The summed E-state index contributed by atoms with van der Waals surface area (Å²) in [6.45, 7) is 0.715. The summed E-state index contributed by atoms with van der Waals surface area (Å²) in [5.74, 6) is -6.51. The molecule has 1 fully saturated rings. The predicted octanol–water partition coefficient (Wildman–Crippen LogP) is 0.755. The molecule has 0 radical (unpaired) electrons. The topological polar surface area (TPSA) is 41.1 Å². The smallest absolute Gasteiger partial charge is 0.349 e. The molecule has 0 bridgehead atoms. The van der Waals surface area contributed by atoms with Crippen LogP contribution < -0.4 is 10.6 Å². The van der Waals surface area contributed by atoms with Gasteiger partial charge in [0.2, 0.25) is 0 Å². The Morgan fingerprint density at radius 3 is 2.67 bits per heavy atom. The number of halogens is 4. The van der Waals surface area contributed by atoms with Crippen molar-refractivity contribution in [2.24, 2.45) is 0 Å². The Bertz CT molecular complexity index is 229. The van der Waals surface area contributed by atoms with Crippen LogP contribution in [0.25, 0.3) is 0 Å². The molecular formula is C8H12F4N2O. The van der Waals surface area contributed by atoms with Crippen LogP contribution in [-0.2, 0) is 4.79 Å². The number of rotatable bonds is 4. The van der Waals surface area contributed by atoms with Gasteiger partial charge in [0, 0.05) is 12.6 Å². The third-order valence-corrected chi connectivity index (χ3v) is 2.25. The quantitative estimate of drug-likeness (QED) is 0.697. The van der Waals surface area contributed by atoms with Crippen molar-refractivity contribution < 1.29 is 22.4 Å². The monoisotopic (exact) mass is 228 g/mol. The van der Waals surface area contributed by atoms with Gasteiger partial charge in [0.1, 0.15) is 0 Å². The molecule has 0 aromatic rings. The summed E-state index contributed by atoms with van der Waals surface area (Å²) >= 11 is 0. The van der Waals surface area contributed by atoms with Gasteiger partial charge in [0.05, 0.1) is 0 Å². The maximum atomic E-state index is 12.4. The van der Waals surface area contributed by atoms with Gasteiger partial charge < -0.3 is 10.6 Å². The standard InChI is InChI=1S/C8H12F4N2O/c9-6(10)8(11,12)7(15)14-4-5-2-1-3-13-5/h5-6,13H,1-4H2,(H,14,15). The van der Waals surface area contributed by atoms with E-state index in [-0.39, 0.29) is 12.6 Å². The minimum Gasteiger partial charge on any atom is -0.349 e. The van der Waals surface area contributed by atoms with Crippen molar-refractivity contribution in [3.63, 3.8) is 0 Å². The molecule has 1 heterocycles. The minimum absolute atomic E-state index is 0.0405. The first-order valence-corrected chi connectivity index (χ1v) is 4.62. The van der Waals surface area contributed by atoms with Gasteiger partial charge >= 0.3 is 12.3 Å². The average Bonchev–Trinajstić information content (AvgIpc) is 2.66. The zero-order valence-corrected chi connectivity index (χ0v) is 7.90. The van der Waals surface area contributed by atoms with E-state index in [0.717, 1.165) is 19.4 Å². The van der Waals surface area contributed by atoms with E-state index in [1.54, 1.807) is 0 Å². The van der Waals surface area contributed by atoms with Crippen LogP contribution in [0, 0.1) is 0 Å². The highest BCUT2D eigenvalue weighted by Gasteiger charge is 2.48. The number of nitrogens with one attached hydrogen (secondary N) is 2. The first-order chi connectivity index (χ1) is 6.94. The van der Waals surface area contributed by atoms with Crippen LogP contribution in [0.1, 0.15) is 12.8 Å². The van der Waals surface area contributed by atoms with E-state index in [1.807, 2.05) is 5.32 Å². The molecule has 1 aliphatic rings. The zero-order valence-electron chi connectivity index (χ0n) is 7.90. The largest absolute Gasteiger partial charge is 0.383 e. The fourth-order valence-electron chi connectivity index (χ4n) is 1.36. The molecule has 3 nitrogen and oxygen atoms in total. The summed E-state index contributed by atoms with van der Waals surface area (Å²) in [7, 11) is 0. The van der Waals surface area contributed by atoms with Gasteiger partial charge in [-0.1, -0.05) is 0 Å². The van der Waals surface area contributed by atoms with Crippen LogP contribution in [0.15, 0.2) is 0 Å². The predicted molar refractivity (Wildman–Crippen MR) is 45.0 cm³/mol. The Morgan fingerprint density at radius 1 is 1.53 bits per heavy atom. The van der Waals surface area contributed by atoms with Gasteiger partial charge in [-0.15, -0.1) is 0 Å². The van der Waals surface area contributed by atoms with Crippen molar-refractivity contribution in [2.75, 3.05) is 13.1 Å². The number of carbonyl (C=O) groups excluding carboxylic acids is 1. The first kappa shape index (κ1) is 12.2. The lowest BCUT2D eigenvalue weighted by Gasteiger charge is -2.17. The SMILES string of the molecule is O=C(NCC1CCCN1)C(F)(F)C(F)F. The summed E-state index contributed by atoms with van der Waals surface area (Å²) in [4.78, 5) is 10.7. The van der Waals surface area contributed by atoms with Crippen molar-refractivity contribution in [3.8, 4) is 0 Å². The molecule has 88 valence electrons. The number of alkyl halides is 4. The Balaban J connectivity index is 2.34. The van der Waals surface area contributed by atoms with Crippen LogP contribution >= 0.6 is 0 Å². The second kappa shape index (κ2) is 4.78. The molecule has 0 spiro atoms. The molecule has 0 aromatic heterocycles. The molecule has 7 heteroatoms. The van der Waals surface area contributed by atoms with Crippen LogP contribution in [0.2, 0.25) is 0 Å². The second-order valence-electron chi connectivity index (χ2n) is 3.43. The third-order valence-electron chi connectivity index (χ3n) is 2.25. The fourth-order valence-corrected chi connectivity index (χ4v) is 1.36. The fraction of sp³-hybridized carbons (Fsp3) is 0.875. The number of hydrogen-bond donors (Lipinski definition) is 2. The second-order valence-corrected chi connectivity index (χ2v) is 3.43. The van der Waals surface area contributed by atoms with Crippen molar-refractivity contribution in [3.05, 3.63) is 0 Å². The summed E-state index contributed by atoms with van der Waals surface area (Å²) in [5, 5.41) is 4.76. The van der Waals surface area contributed by atoms with Crippen LogP contribution in [0.4, 0.5) is 17.6 Å². The highest BCUT2D eigenvalue weighted by atomic mass is 19.3. The van der Waals surface area contributed by atoms with Crippen LogP contribution in [0.5, 0.6) is 0 Å². The van der Waals surface area contributed by atoms with E-state index in [0.29, 0.717) is 0 Å². The lowest BCUT2D eigenvalue weighted by Crippen LogP contribution is -2.48. The summed E-state index contributed by atoms with van der Waals surface area (Å²) in [6, 6.07) is -0.0950. The molecule has 1 atom stereocenters. The normalized spacial score (nSPS) is 22.1. The Kier molecular flexibility index (Phi) is 3.90. The first-order valence-electron chi connectivity index (χ1n) is 4.62. The summed E-state index contributed by atoms with van der Waals surface area (Å²) in [5.41, 5.74) is 0. The third kappa shape index (κ3) is 3.05. The van der Waals surface area contributed by atoms with Crippen molar-refractivity contribution in [1.82, 2.24) is 10.6 Å². The van der Waals surface area contributed by atoms with E-state index >= 15 is 0 Å². The van der Waals surface area contributed by atoms with Crippen LogP contribution in [0.3, 0.4) is 0 Å². The van der Waals surface area contributed by atoms with Crippen molar-refractivity contribution >= 4 is 5.91 Å². The van der Waals surface area contributed by atoms with E-state index < -0.39 is 18.3 Å². The van der Waals surface area contributed by atoms with E-state index in [2.05, 4.69) is 5.32 Å². The average molecular weight is 228 g/mol. The van der Waals surface area contributed by atoms with Gasteiger partial charge in [-0.3, -0.25) is 4.79 Å². The summed E-state index contributed by atoms with van der Waals surface area (Å²) in [6.07, 6.45) is -2.32. The maximum Gasteiger partial charge on any atom is 0.383 e. The van der Waals surface area contributed by atoms with Gasteiger partial charge in [-0.25, -0.2) is 8.78 Å². The van der Waals surface area contributed by atoms with E-state index in [9.17, 15) is 22.4 Å².